The Morgan fingerprint density at radius 1 is 1.03 bits per heavy atom. The number of rotatable bonds is 9. The third kappa shape index (κ3) is 7.21. The van der Waals surface area contributed by atoms with Crippen molar-refractivity contribution < 1.29 is 19.5 Å². The Morgan fingerprint density at radius 3 is 2.46 bits per heavy atom. The maximum atomic E-state index is 13.3. The summed E-state index contributed by atoms with van der Waals surface area (Å²) in [5, 5.41) is 13.3. The van der Waals surface area contributed by atoms with Crippen LogP contribution in [0.1, 0.15) is 34.5 Å². The van der Waals surface area contributed by atoms with E-state index < -0.39 is 5.97 Å². The Labute approximate surface area is 228 Å². The van der Waals surface area contributed by atoms with E-state index in [-0.39, 0.29) is 24.7 Å². The molecule has 10 heteroatoms. The monoisotopic (exact) mass is 586 g/mol. The first-order valence-electron chi connectivity index (χ1n) is 12.0. The summed E-state index contributed by atoms with van der Waals surface area (Å²) in [6.07, 6.45) is 3.71. The third-order valence-electron chi connectivity index (χ3n) is 6.32. The van der Waals surface area contributed by atoms with Crippen molar-refractivity contribution >= 4 is 68.4 Å². The zero-order chi connectivity index (χ0) is 26.4. The Hall–Kier alpha value is -3.14. The fraction of sp³-hybridized carbons (Fsp3) is 0.296. The van der Waals surface area contributed by atoms with Crippen LogP contribution in [0.15, 0.2) is 46.9 Å². The quantitative estimate of drug-likeness (QED) is 0.342. The topological polar surface area (TPSA) is 106 Å². The van der Waals surface area contributed by atoms with Gasteiger partial charge in [0, 0.05) is 66.1 Å². The Morgan fingerprint density at radius 2 is 1.76 bits per heavy atom. The summed E-state index contributed by atoms with van der Waals surface area (Å²) in [5.74, 6) is -1.25. The molecule has 2 heterocycles. The first kappa shape index (κ1) is 26.9. The molecule has 37 heavy (non-hydrogen) atoms. The van der Waals surface area contributed by atoms with Crippen LogP contribution in [0.4, 0.5) is 0 Å². The van der Waals surface area contributed by atoms with Crippen LogP contribution in [0.25, 0.3) is 23.1 Å². The fourth-order valence-electron chi connectivity index (χ4n) is 4.32. The molecule has 1 aliphatic heterocycles. The summed E-state index contributed by atoms with van der Waals surface area (Å²) in [5.41, 5.74) is 3.13. The summed E-state index contributed by atoms with van der Waals surface area (Å²) in [7, 11) is 0. The number of carbonyl (C=O) groups excluding carboxylic acids is 2. The van der Waals surface area contributed by atoms with Gasteiger partial charge in [0.2, 0.25) is 5.91 Å². The van der Waals surface area contributed by atoms with Gasteiger partial charge in [-0.3, -0.25) is 19.3 Å². The number of hydrogen-bond acceptors (Lipinski definition) is 4. The van der Waals surface area contributed by atoms with Crippen LogP contribution in [0.2, 0.25) is 5.02 Å². The second-order valence-electron chi connectivity index (χ2n) is 8.86. The number of piperazine rings is 1. The molecule has 0 bridgehead atoms. The maximum Gasteiger partial charge on any atom is 0.303 e. The molecule has 8 nitrogen and oxygen atoms in total. The molecule has 0 aliphatic carbocycles. The Kier molecular flexibility index (Phi) is 9.02. The number of carboxylic acids is 1. The van der Waals surface area contributed by atoms with Crippen LogP contribution in [0, 0.1) is 0 Å². The largest absolute Gasteiger partial charge is 0.481 e. The number of benzene rings is 2. The Bertz CT molecular complexity index is 1310. The van der Waals surface area contributed by atoms with E-state index in [2.05, 4.69) is 31.1 Å². The summed E-state index contributed by atoms with van der Waals surface area (Å²) in [4.78, 5) is 43.4. The van der Waals surface area contributed by atoms with Crippen molar-refractivity contribution in [3.05, 3.63) is 68.8 Å². The van der Waals surface area contributed by atoms with Gasteiger partial charge in [-0.25, -0.2) is 0 Å². The van der Waals surface area contributed by atoms with E-state index >= 15 is 0 Å². The van der Waals surface area contributed by atoms with E-state index in [1.807, 2.05) is 54.6 Å². The number of nitrogens with zero attached hydrogens (tertiary/aromatic N) is 2. The SMILES string of the molecule is O=C(O)CCC(=O)N1CCN(CCNC(=O)c2c(/C=C/c3ccc(Cl)cc3)[nH]c3cc(Br)ccc23)CC1. The molecule has 3 N–H and O–H groups in total. The first-order valence-corrected chi connectivity index (χ1v) is 13.2. The van der Waals surface area contributed by atoms with E-state index in [1.54, 1.807) is 4.90 Å². The van der Waals surface area contributed by atoms with Gasteiger partial charge in [-0.1, -0.05) is 51.8 Å². The average molecular weight is 588 g/mol. The number of H-pyrrole nitrogens is 1. The number of fused-ring (bicyclic) bond motifs is 1. The van der Waals surface area contributed by atoms with Gasteiger partial charge in [-0.15, -0.1) is 0 Å². The van der Waals surface area contributed by atoms with E-state index in [0.29, 0.717) is 55.5 Å². The molecule has 0 spiro atoms. The van der Waals surface area contributed by atoms with Crippen LogP contribution in [0.5, 0.6) is 0 Å². The smallest absolute Gasteiger partial charge is 0.303 e. The van der Waals surface area contributed by atoms with Gasteiger partial charge in [-0.2, -0.15) is 0 Å². The highest BCUT2D eigenvalue weighted by atomic mass is 79.9. The van der Waals surface area contributed by atoms with Crippen LogP contribution < -0.4 is 5.32 Å². The average Bonchev–Trinajstić information content (AvgIpc) is 3.24. The second kappa shape index (κ2) is 12.4. The normalized spacial score (nSPS) is 14.4. The van der Waals surface area contributed by atoms with Gasteiger partial charge in [0.25, 0.3) is 5.91 Å². The van der Waals surface area contributed by atoms with Crippen LogP contribution in [-0.4, -0.2) is 76.9 Å². The lowest BCUT2D eigenvalue weighted by atomic mass is 10.1. The number of aromatic amines is 1. The second-order valence-corrected chi connectivity index (χ2v) is 10.2. The molecule has 0 unspecified atom stereocenters. The van der Waals surface area contributed by atoms with E-state index in [4.69, 9.17) is 16.7 Å². The van der Waals surface area contributed by atoms with Crippen molar-refractivity contribution in [1.82, 2.24) is 20.1 Å². The number of nitrogens with one attached hydrogen (secondary N) is 2. The minimum Gasteiger partial charge on any atom is -0.481 e. The molecule has 1 fully saturated rings. The van der Waals surface area contributed by atoms with Crippen molar-refractivity contribution in [3.63, 3.8) is 0 Å². The summed E-state index contributed by atoms with van der Waals surface area (Å²) in [6, 6.07) is 13.3. The molecule has 1 saturated heterocycles. The van der Waals surface area contributed by atoms with Crippen LogP contribution in [-0.2, 0) is 9.59 Å². The summed E-state index contributed by atoms with van der Waals surface area (Å²) < 4.78 is 0.919. The number of carbonyl (C=O) groups is 3. The van der Waals surface area contributed by atoms with Gasteiger partial charge in [0.05, 0.1) is 17.7 Å². The van der Waals surface area contributed by atoms with Crippen molar-refractivity contribution in [3.8, 4) is 0 Å². The summed E-state index contributed by atoms with van der Waals surface area (Å²) in [6.45, 7) is 3.62. The minimum atomic E-state index is -0.964. The molecule has 2 aromatic carbocycles. The lowest BCUT2D eigenvalue weighted by Crippen LogP contribution is -2.50. The fourth-order valence-corrected chi connectivity index (χ4v) is 4.81. The molecule has 1 aromatic heterocycles. The van der Waals surface area contributed by atoms with E-state index in [1.165, 1.54) is 0 Å². The minimum absolute atomic E-state index is 0.0291. The van der Waals surface area contributed by atoms with Gasteiger partial charge < -0.3 is 20.3 Å². The lowest BCUT2D eigenvalue weighted by Gasteiger charge is -2.34. The molecule has 0 atom stereocenters. The third-order valence-corrected chi connectivity index (χ3v) is 7.07. The number of aliphatic carboxylic acids is 1. The molecule has 194 valence electrons. The highest BCUT2D eigenvalue weighted by Gasteiger charge is 2.22. The number of halogens is 2. The van der Waals surface area contributed by atoms with Crippen LogP contribution in [0.3, 0.4) is 0 Å². The first-order chi connectivity index (χ1) is 17.8. The molecular weight excluding hydrogens is 560 g/mol. The zero-order valence-electron chi connectivity index (χ0n) is 20.2. The maximum absolute atomic E-state index is 13.3. The van der Waals surface area contributed by atoms with E-state index in [0.717, 1.165) is 20.9 Å². The lowest BCUT2D eigenvalue weighted by molar-refractivity contribution is -0.141. The Balaban J connectivity index is 1.37. The van der Waals surface area contributed by atoms with E-state index in [9.17, 15) is 14.4 Å². The van der Waals surface area contributed by atoms with Gasteiger partial charge >= 0.3 is 5.97 Å². The number of amides is 2. The van der Waals surface area contributed by atoms with Gasteiger partial charge in [0.1, 0.15) is 0 Å². The highest BCUT2D eigenvalue weighted by molar-refractivity contribution is 9.10. The van der Waals surface area contributed by atoms with Gasteiger partial charge in [0.15, 0.2) is 0 Å². The molecule has 0 radical (unpaired) electrons. The standard InChI is InChI=1S/C27H28BrClN4O4/c28-19-4-7-21-23(17-19)31-22(8-3-18-1-5-20(29)6-2-18)26(21)27(37)30-11-12-32-13-15-33(16-14-32)24(34)9-10-25(35)36/h1-8,17,31H,9-16H2,(H,30,37)(H,35,36)/b8-3+. The molecule has 3 aromatic rings. The highest BCUT2D eigenvalue weighted by Crippen LogP contribution is 2.27. The molecule has 2 amide bonds. The molecular formula is C27H28BrClN4O4. The predicted molar refractivity (Wildman–Crippen MR) is 149 cm³/mol. The molecule has 4 rings (SSSR count). The van der Waals surface area contributed by atoms with Crippen molar-refractivity contribution in [2.45, 2.75) is 12.8 Å². The number of carboxylic acid groups (broad SMARTS) is 1. The number of hydrogen-bond donors (Lipinski definition) is 3. The van der Waals surface area contributed by atoms with Crippen molar-refractivity contribution in [1.29, 1.82) is 0 Å². The van der Waals surface area contributed by atoms with Crippen molar-refractivity contribution in [2.75, 3.05) is 39.3 Å². The van der Waals surface area contributed by atoms with Crippen LogP contribution >= 0.6 is 27.5 Å². The number of aromatic nitrogens is 1. The zero-order valence-corrected chi connectivity index (χ0v) is 22.5. The molecule has 1 aliphatic rings. The van der Waals surface area contributed by atoms with Gasteiger partial charge in [-0.05, 0) is 35.9 Å². The summed E-state index contributed by atoms with van der Waals surface area (Å²) >= 11 is 9.48. The van der Waals surface area contributed by atoms with Crippen molar-refractivity contribution in [2.24, 2.45) is 0 Å². The molecule has 0 saturated carbocycles. The predicted octanol–water partition coefficient (Wildman–Crippen LogP) is 4.49.